The van der Waals surface area contributed by atoms with Crippen molar-refractivity contribution < 1.29 is 4.79 Å². The van der Waals surface area contributed by atoms with E-state index in [-0.39, 0.29) is 5.41 Å². The molecule has 1 heterocycles. The Morgan fingerprint density at radius 2 is 2.00 bits per heavy atom. The molecular formula is C25H41NO. The summed E-state index contributed by atoms with van der Waals surface area (Å²) >= 11 is 0. The quantitative estimate of drug-likeness (QED) is 0.390. The molecule has 0 N–H and O–H groups in total. The normalized spacial score (nSPS) is 44.3. The molecule has 1 amide bonds. The second-order valence-electron chi connectivity index (χ2n) is 10.9. The summed E-state index contributed by atoms with van der Waals surface area (Å²) in [4.78, 5) is 13.5. The molecule has 2 nitrogen and oxygen atoms in total. The Bertz CT molecular complexity index is 597. The van der Waals surface area contributed by atoms with Crippen LogP contribution in [0.3, 0.4) is 0 Å². The van der Waals surface area contributed by atoms with E-state index in [9.17, 15) is 4.79 Å². The van der Waals surface area contributed by atoms with Gasteiger partial charge in [0.1, 0.15) is 0 Å². The van der Waals surface area contributed by atoms with Crippen LogP contribution in [0.15, 0.2) is 11.8 Å². The summed E-state index contributed by atoms with van der Waals surface area (Å²) in [5.41, 5.74) is 2.19. The summed E-state index contributed by atoms with van der Waals surface area (Å²) < 4.78 is 0. The van der Waals surface area contributed by atoms with Crippen molar-refractivity contribution in [3.05, 3.63) is 11.8 Å². The van der Waals surface area contributed by atoms with Crippen molar-refractivity contribution in [1.82, 2.24) is 4.90 Å². The first kappa shape index (κ1) is 19.5. The first-order valence-electron chi connectivity index (χ1n) is 11.9. The van der Waals surface area contributed by atoms with Gasteiger partial charge < -0.3 is 4.90 Å². The number of nitrogens with zero attached hydrogens (tertiary/aromatic N) is 1. The zero-order valence-corrected chi connectivity index (χ0v) is 18.2. The lowest BCUT2D eigenvalue weighted by Crippen LogP contribution is -2.49. The van der Waals surface area contributed by atoms with Crippen molar-refractivity contribution in [2.24, 2.45) is 40.4 Å². The minimum absolute atomic E-state index is 0.260. The van der Waals surface area contributed by atoms with E-state index in [1.807, 2.05) is 4.90 Å². The molecule has 1 saturated heterocycles. The number of carbonyl (C=O) groups excluding carboxylic acids is 1. The SMILES string of the molecule is CCCCCC(C)C1CCC2C3CC=C4N(C=O)CCC4(C)C3CCC12C. The minimum Gasteiger partial charge on any atom is -0.318 e. The molecule has 1 aliphatic heterocycles. The molecule has 2 saturated carbocycles. The fourth-order valence-electron chi connectivity index (χ4n) is 8.31. The van der Waals surface area contributed by atoms with Gasteiger partial charge >= 0.3 is 0 Å². The third-order valence-electron chi connectivity index (χ3n) is 9.76. The fourth-order valence-corrected chi connectivity index (χ4v) is 8.31. The lowest BCUT2D eigenvalue weighted by Gasteiger charge is -2.55. The lowest BCUT2D eigenvalue weighted by atomic mass is 9.49. The molecule has 0 radical (unpaired) electrons. The molecule has 7 atom stereocenters. The standard InChI is InChI=1S/C25H41NO/c1-5-6-7-8-18(2)20-10-11-21-19-9-12-23-25(4,15-16-26(23)17-27)22(19)13-14-24(20,21)3/h12,17-22H,5-11,13-16H2,1-4H3. The van der Waals surface area contributed by atoms with Gasteiger partial charge in [-0.2, -0.15) is 0 Å². The smallest absolute Gasteiger partial charge is 0.213 e. The Labute approximate surface area is 167 Å². The van der Waals surface area contributed by atoms with Gasteiger partial charge in [-0.1, -0.05) is 59.5 Å². The monoisotopic (exact) mass is 371 g/mol. The number of unbranched alkanes of at least 4 members (excludes halogenated alkanes) is 2. The largest absolute Gasteiger partial charge is 0.318 e. The molecule has 27 heavy (non-hydrogen) atoms. The van der Waals surface area contributed by atoms with Gasteiger partial charge in [-0.25, -0.2) is 0 Å². The molecule has 3 fully saturated rings. The van der Waals surface area contributed by atoms with Crippen molar-refractivity contribution in [3.8, 4) is 0 Å². The molecular weight excluding hydrogens is 330 g/mol. The van der Waals surface area contributed by atoms with Gasteiger partial charge in [-0.3, -0.25) is 4.79 Å². The van der Waals surface area contributed by atoms with Gasteiger partial charge in [0.25, 0.3) is 0 Å². The zero-order chi connectivity index (χ0) is 19.2. The number of amides is 1. The maximum absolute atomic E-state index is 11.5. The Morgan fingerprint density at radius 3 is 2.74 bits per heavy atom. The molecule has 4 rings (SSSR count). The van der Waals surface area contributed by atoms with Crippen LogP contribution in [0.1, 0.15) is 91.9 Å². The molecule has 3 aliphatic carbocycles. The topological polar surface area (TPSA) is 20.3 Å². The van der Waals surface area contributed by atoms with Crippen LogP contribution in [0.4, 0.5) is 0 Å². The summed E-state index contributed by atoms with van der Waals surface area (Å²) in [5, 5.41) is 0. The van der Waals surface area contributed by atoms with Crippen molar-refractivity contribution in [2.45, 2.75) is 91.9 Å². The van der Waals surface area contributed by atoms with E-state index in [4.69, 9.17) is 0 Å². The van der Waals surface area contributed by atoms with Crippen LogP contribution in [0.25, 0.3) is 0 Å². The van der Waals surface area contributed by atoms with Crippen molar-refractivity contribution in [2.75, 3.05) is 6.54 Å². The van der Waals surface area contributed by atoms with Gasteiger partial charge in [0, 0.05) is 17.7 Å². The summed E-state index contributed by atoms with van der Waals surface area (Å²) in [6.07, 6.45) is 17.3. The van der Waals surface area contributed by atoms with E-state index in [0.717, 1.165) is 42.5 Å². The first-order valence-corrected chi connectivity index (χ1v) is 11.9. The van der Waals surface area contributed by atoms with Gasteiger partial charge in [0.05, 0.1) is 0 Å². The number of carbonyl (C=O) groups is 1. The highest BCUT2D eigenvalue weighted by atomic mass is 16.1. The predicted octanol–water partition coefficient (Wildman–Crippen LogP) is 6.42. The fraction of sp³-hybridized carbons (Fsp3) is 0.880. The number of allylic oxidation sites excluding steroid dienone is 2. The van der Waals surface area contributed by atoms with Crippen LogP contribution in [-0.4, -0.2) is 17.9 Å². The Hall–Kier alpha value is -0.790. The van der Waals surface area contributed by atoms with E-state index in [1.54, 1.807) is 0 Å². The van der Waals surface area contributed by atoms with Crippen LogP contribution in [0, 0.1) is 40.4 Å². The summed E-state index contributed by atoms with van der Waals surface area (Å²) in [6, 6.07) is 0. The highest BCUT2D eigenvalue weighted by Gasteiger charge is 2.60. The number of hydrogen-bond donors (Lipinski definition) is 0. The Kier molecular flexibility index (Phi) is 5.23. The summed E-state index contributed by atoms with van der Waals surface area (Å²) in [5.74, 6) is 4.40. The van der Waals surface area contributed by atoms with E-state index < -0.39 is 0 Å². The minimum atomic E-state index is 0.260. The van der Waals surface area contributed by atoms with Crippen LogP contribution in [-0.2, 0) is 4.79 Å². The molecule has 0 aromatic carbocycles. The molecule has 0 spiro atoms. The number of likely N-dealkylation sites (tertiary alicyclic amines) is 1. The van der Waals surface area contributed by atoms with E-state index in [0.29, 0.717) is 5.41 Å². The Morgan fingerprint density at radius 1 is 1.19 bits per heavy atom. The van der Waals surface area contributed by atoms with Gasteiger partial charge in [0.15, 0.2) is 0 Å². The van der Waals surface area contributed by atoms with E-state index in [2.05, 4.69) is 33.8 Å². The van der Waals surface area contributed by atoms with Gasteiger partial charge in [-0.15, -0.1) is 0 Å². The van der Waals surface area contributed by atoms with Crippen molar-refractivity contribution in [3.63, 3.8) is 0 Å². The Balaban J connectivity index is 1.53. The number of hydrogen-bond acceptors (Lipinski definition) is 1. The first-order chi connectivity index (χ1) is 13.0. The highest BCUT2D eigenvalue weighted by Crippen LogP contribution is 2.67. The van der Waals surface area contributed by atoms with Crippen LogP contribution < -0.4 is 0 Å². The molecule has 152 valence electrons. The molecule has 0 aromatic rings. The lowest BCUT2D eigenvalue weighted by molar-refractivity contribution is -0.116. The average Bonchev–Trinajstić information content (AvgIpc) is 3.18. The molecule has 0 bridgehead atoms. The van der Waals surface area contributed by atoms with Crippen molar-refractivity contribution >= 4 is 6.41 Å². The highest BCUT2D eigenvalue weighted by molar-refractivity contribution is 5.54. The van der Waals surface area contributed by atoms with Crippen molar-refractivity contribution in [1.29, 1.82) is 0 Å². The molecule has 4 aliphatic rings. The molecule has 0 aromatic heterocycles. The van der Waals surface area contributed by atoms with Gasteiger partial charge in [0.2, 0.25) is 6.41 Å². The summed E-state index contributed by atoms with van der Waals surface area (Å²) in [6.45, 7) is 10.9. The van der Waals surface area contributed by atoms with Crippen LogP contribution in [0.2, 0.25) is 0 Å². The number of fused-ring (bicyclic) bond motifs is 5. The second-order valence-corrected chi connectivity index (χ2v) is 10.9. The van der Waals surface area contributed by atoms with E-state index in [1.165, 1.54) is 69.9 Å². The zero-order valence-electron chi connectivity index (χ0n) is 18.2. The molecule has 2 heteroatoms. The third kappa shape index (κ3) is 2.92. The summed E-state index contributed by atoms with van der Waals surface area (Å²) in [7, 11) is 0. The second kappa shape index (κ2) is 7.23. The van der Waals surface area contributed by atoms with Crippen LogP contribution in [0.5, 0.6) is 0 Å². The average molecular weight is 372 g/mol. The van der Waals surface area contributed by atoms with Gasteiger partial charge in [-0.05, 0) is 73.5 Å². The third-order valence-corrected chi connectivity index (χ3v) is 9.76. The molecule has 7 unspecified atom stereocenters. The number of rotatable bonds is 6. The van der Waals surface area contributed by atoms with Crippen LogP contribution >= 0.6 is 0 Å². The predicted molar refractivity (Wildman–Crippen MR) is 112 cm³/mol. The van der Waals surface area contributed by atoms with E-state index >= 15 is 0 Å². The maximum Gasteiger partial charge on any atom is 0.213 e. The maximum atomic E-state index is 11.5.